The lowest BCUT2D eigenvalue weighted by Crippen LogP contribution is -2.37. The van der Waals surface area contributed by atoms with Gasteiger partial charge in [-0.25, -0.2) is 4.79 Å². The van der Waals surface area contributed by atoms with E-state index in [2.05, 4.69) is 0 Å². The zero-order chi connectivity index (χ0) is 13.4. The minimum Gasteiger partial charge on any atom is -0.444 e. The molecule has 5 heteroatoms. The van der Waals surface area contributed by atoms with Crippen molar-refractivity contribution in [2.45, 2.75) is 32.8 Å². The van der Waals surface area contributed by atoms with Crippen LogP contribution in [0.5, 0.6) is 0 Å². The van der Waals surface area contributed by atoms with Crippen molar-refractivity contribution in [2.24, 2.45) is 11.3 Å². The first-order valence-corrected chi connectivity index (χ1v) is 6.37. The van der Waals surface area contributed by atoms with E-state index >= 15 is 0 Å². The number of nitrogens with zero attached hydrogens (tertiary/aromatic N) is 1. The molecule has 2 atom stereocenters. The Balaban J connectivity index is 2.05. The largest absolute Gasteiger partial charge is 0.444 e. The molecular weight excluding hydrogens is 234 g/mol. The fraction of sp³-hybridized carbons (Fsp3) is 0.846. The third kappa shape index (κ3) is 2.51. The second kappa shape index (κ2) is 4.53. The predicted octanol–water partition coefficient (Wildman–Crippen LogP) is 1.46. The van der Waals surface area contributed by atoms with Crippen LogP contribution in [0.25, 0.3) is 0 Å². The molecular formula is C13H21NO4. The average molecular weight is 255 g/mol. The molecule has 2 aliphatic rings. The number of rotatable bonds is 1. The third-order valence-corrected chi connectivity index (χ3v) is 3.66. The predicted molar refractivity (Wildman–Crippen MR) is 65.2 cm³/mol. The van der Waals surface area contributed by atoms with E-state index < -0.39 is 5.60 Å². The molecule has 0 aromatic carbocycles. The summed E-state index contributed by atoms with van der Waals surface area (Å²) in [5, 5.41) is 0. The van der Waals surface area contributed by atoms with Crippen LogP contribution >= 0.6 is 0 Å². The molecule has 0 aliphatic carbocycles. The number of hydrogen-bond acceptors (Lipinski definition) is 4. The first kappa shape index (κ1) is 13.3. The van der Waals surface area contributed by atoms with Crippen LogP contribution in [0, 0.1) is 11.3 Å². The van der Waals surface area contributed by atoms with Crippen LogP contribution in [0.1, 0.15) is 27.2 Å². The Labute approximate surface area is 107 Å². The van der Waals surface area contributed by atoms with Crippen molar-refractivity contribution >= 4 is 12.4 Å². The lowest BCUT2D eigenvalue weighted by Gasteiger charge is -2.26. The van der Waals surface area contributed by atoms with Gasteiger partial charge < -0.3 is 19.2 Å². The number of hydrogen-bond donors (Lipinski definition) is 0. The summed E-state index contributed by atoms with van der Waals surface area (Å²) in [5.74, 6) is -0.132. The minimum absolute atomic E-state index is 0.132. The fourth-order valence-corrected chi connectivity index (χ4v) is 2.69. The molecule has 2 unspecified atom stereocenters. The van der Waals surface area contributed by atoms with Crippen LogP contribution in [-0.4, -0.2) is 49.2 Å². The topological polar surface area (TPSA) is 55.8 Å². The molecule has 0 bridgehead atoms. The molecule has 0 radical (unpaired) electrons. The fourth-order valence-electron chi connectivity index (χ4n) is 2.69. The molecule has 1 amide bonds. The highest BCUT2D eigenvalue weighted by atomic mass is 16.6. The van der Waals surface area contributed by atoms with Crippen LogP contribution in [0.15, 0.2) is 0 Å². The highest BCUT2D eigenvalue weighted by Gasteiger charge is 2.50. The van der Waals surface area contributed by atoms with E-state index in [0.29, 0.717) is 26.3 Å². The number of ether oxygens (including phenoxy) is 2. The second-order valence-corrected chi connectivity index (χ2v) is 6.27. The molecule has 0 saturated carbocycles. The normalized spacial score (nSPS) is 31.9. The van der Waals surface area contributed by atoms with E-state index in [4.69, 9.17) is 9.47 Å². The molecule has 0 aromatic rings. The first-order valence-electron chi connectivity index (χ1n) is 6.37. The molecule has 2 fully saturated rings. The Kier molecular flexibility index (Phi) is 3.36. The Morgan fingerprint density at radius 3 is 2.72 bits per heavy atom. The summed E-state index contributed by atoms with van der Waals surface area (Å²) in [4.78, 5) is 24.8. The van der Waals surface area contributed by atoms with Gasteiger partial charge in [-0.2, -0.15) is 0 Å². The van der Waals surface area contributed by atoms with E-state index in [1.54, 1.807) is 4.90 Å². The number of likely N-dealkylation sites (tertiary alicyclic amines) is 1. The van der Waals surface area contributed by atoms with Crippen LogP contribution in [-0.2, 0) is 14.3 Å². The number of carbonyl (C=O) groups excluding carboxylic acids is 2. The molecule has 2 heterocycles. The summed E-state index contributed by atoms with van der Waals surface area (Å²) >= 11 is 0. The van der Waals surface area contributed by atoms with Gasteiger partial charge in [0.05, 0.1) is 6.61 Å². The SMILES string of the molecule is CC(C)(C)OC(=O)N1CC(C=O)C2(CCOC2)C1. The average Bonchev–Trinajstić information content (AvgIpc) is 2.85. The summed E-state index contributed by atoms with van der Waals surface area (Å²) in [5.41, 5.74) is -0.686. The summed E-state index contributed by atoms with van der Waals surface area (Å²) in [7, 11) is 0. The van der Waals surface area contributed by atoms with Crippen molar-refractivity contribution in [3.05, 3.63) is 0 Å². The van der Waals surface area contributed by atoms with Gasteiger partial charge in [0.2, 0.25) is 0 Å². The maximum Gasteiger partial charge on any atom is 0.410 e. The Hall–Kier alpha value is -1.10. The third-order valence-electron chi connectivity index (χ3n) is 3.66. The van der Waals surface area contributed by atoms with E-state index in [1.807, 2.05) is 20.8 Å². The van der Waals surface area contributed by atoms with Gasteiger partial charge in [-0.3, -0.25) is 0 Å². The summed E-state index contributed by atoms with van der Waals surface area (Å²) < 4.78 is 10.8. The zero-order valence-electron chi connectivity index (χ0n) is 11.3. The highest BCUT2D eigenvalue weighted by Crippen LogP contribution is 2.42. The van der Waals surface area contributed by atoms with Gasteiger partial charge in [0.15, 0.2) is 0 Å². The molecule has 2 rings (SSSR count). The van der Waals surface area contributed by atoms with Crippen LogP contribution < -0.4 is 0 Å². The Morgan fingerprint density at radius 2 is 2.22 bits per heavy atom. The van der Waals surface area contributed by atoms with Gasteiger partial charge in [-0.1, -0.05) is 0 Å². The van der Waals surface area contributed by atoms with Crippen molar-refractivity contribution in [3.8, 4) is 0 Å². The van der Waals surface area contributed by atoms with Crippen molar-refractivity contribution in [2.75, 3.05) is 26.3 Å². The van der Waals surface area contributed by atoms with Crippen LogP contribution in [0.2, 0.25) is 0 Å². The number of aldehydes is 1. The Morgan fingerprint density at radius 1 is 1.50 bits per heavy atom. The van der Waals surface area contributed by atoms with Crippen molar-refractivity contribution in [3.63, 3.8) is 0 Å². The highest BCUT2D eigenvalue weighted by molar-refractivity contribution is 5.70. The molecule has 0 aromatic heterocycles. The minimum atomic E-state index is -0.504. The second-order valence-electron chi connectivity index (χ2n) is 6.27. The van der Waals surface area contributed by atoms with Gasteiger partial charge >= 0.3 is 6.09 Å². The molecule has 1 spiro atoms. The standard InChI is InChI=1S/C13H21NO4/c1-12(2,3)18-11(16)14-6-10(7-15)13(8-14)4-5-17-9-13/h7,10H,4-6,8-9H2,1-3H3. The van der Waals surface area contributed by atoms with E-state index in [9.17, 15) is 9.59 Å². The van der Waals surface area contributed by atoms with E-state index in [-0.39, 0.29) is 17.4 Å². The molecule has 5 nitrogen and oxygen atoms in total. The summed E-state index contributed by atoms with van der Waals surface area (Å²) in [6.45, 7) is 7.77. The van der Waals surface area contributed by atoms with E-state index in [0.717, 1.165) is 12.7 Å². The monoisotopic (exact) mass is 255 g/mol. The van der Waals surface area contributed by atoms with Gasteiger partial charge in [0, 0.05) is 31.0 Å². The first-order chi connectivity index (χ1) is 8.36. The van der Waals surface area contributed by atoms with Crippen molar-refractivity contribution in [1.82, 2.24) is 4.90 Å². The molecule has 2 aliphatic heterocycles. The van der Waals surface area contributed by atoms with Crippen LogP contribution in [0.3, 0.4) is 0 Å². The number of carbonyl (C=O) groups is 2. The molecule has 18 heavy (non-hydrogen) atoms. The van der Waals surface area contributed by atoms with E-state index in [1.165, 1.54) is 0 Å². The molecule has 0 N–H and O–H groups in total. The van der Waals surface area contributed by atoms with Crippen molar-refractivity contribution < 1.29 is 19.1 Å². The maximum atomic E-state index is 12.0. The molecule has 102 valence electrons. The quantitative estimate of drug-likeness (QED) is 0.666. The van der Waals surface area contributed by atoms with Gasteiger partial charge in [0.1, 0.15) is 11.9 Å². The van der Waals surface area contributed by atoms with Crippen LogP contribution in [0.4, 0.5) is 4.79 Å². The summed E-state index contributed by atoms with van der Waals surface area (Å²) in [6.07, 6.45) is 1.47. The zero-order valence-corrected chi connectivity index (χ0v) is 11.3. The number of amides is 1. The lowest BCUT2D eigenvalue weighted by atomic mass is 9.78. The van der Waals surface area contributed by atoms with Gasteiger partial charge in [-0.05, 0) is 27.2 Å². The van der Waals surface area contributed by atoms with Crippen molar-refractivity contribution in [1.29, 1.82) is 0 Å². The summed E-state index contributed by atoms with van der Waals surface area (Å²) in [6, 6.07) is 0. The van der Waals surface area contributed by atoms with Gasteiger partial charge in [0.25, 0.3) is 0 Å². The Bertz CT molecular complexity index is 341. The van der Waals surface area contributed by atoms with Gasteiger partial charge in [-0.15, -0.1) is 0 Å². The smallest absolute Gasteiger partial charge is 0.410 e. The maximum absolute atomic E-state index is 12.0. The molecule has 2 saturated heterocycles. The lowest BCUT2D eigenvalue weighted by molar-refractivity contribution is -0.113.